The average Bonchev–Trinajstić information content (AvgIpc) is 2.54. The van der Waals surface area contributed by atoms with Crippen LogP contribution in [0.15, 0.2) is 47.4 Å². The van der Waals surface area contributed by atoms with Crippen molar-refractivity contribution in [3.05, 3.63) is 59.9 Å². The molecule has 9 heteroatoms. The predicted molar refractivity (Wildman–Crippen MR) is 83.9 cm³/mol. The number of benzene rings is 2. The number of nitrogens with zero attached hydrogens (tertiary/aromatic N) is 2. The third-order valence-electron chi connectivity index (χ3n) is 3.82. The van der Waals surface area contributed by atoms with E-state index in [1.54, 1.807) is 0 Å². The number of hydrogen-bond acceptors (Lipinski definition) is 3. The fourth-order valence-corrected chi connectivity index (χ4v) is 4.12. The second kappa shape index (κ2) is 6.49. The van der Waals surface area contributed by atoms with Crippen LogP contribution in [0.2, 0.25) is 0 Å². The summed E-state index contributed by atoms with van der Waals surface area (Å²) in [6, 6.07) is 8.03. The lowest BCUT2D eigenvalue weighted by molar-refractivity contribution is -0.119. The summed E-state index contributed by atoms with van der Waals surface area (Å²) in [5.41, 5.74) is 0.291. The van der Waals surface area contributed by atoms with Gasteiger partial charge in [-0.15, -0.1) is 0 Å². The maximum Gasteiger partial charge on any atom is 0.249 e. The summed E-state index contributed by atoms with van der Waals surface area (Å²) < 4.78 is 66.6. The van der Waals surface area contributed by atoms with Crippen LogP contribution in [0.5, 0.6) is 0 Å². The Morgan fingerprint density at radius 1 is 0.920 bits per heavy atom. The van der Waals surface area contributed by atoms with Crippen LogP contribution in [0.25, 0.3) is 0 Å². The number of carbonyl (C=O) groups is 1. The largest absolute Gasteiger partial charge is 0.310 e. The molecule has 1 fully saturated rings. The van der Waals surface area contributed by atoms with E-state index in [2.05, 4.69) is 0 Å². The van der Waals surface area contributed by atoms with Crippen molar-refractivity contribution in [2.24, 2.45) is 0 Å². The highest BCUT2D eigenvalue weighted by Crippen LogP contribution is 2.25. The van der Waals surface area contributed by atoms with Crippen LogP contribution in [0.4, 0.5) is 18.9 Å². The van der Waals surface area contributed by atoms with Gasteiger partial charge in [-0.3, -0.25) is 4.79 Å². The van der Waals surface area contributed by atoms with Crippen LogP contribution >= 0.6 is 0 Å². The van der Waals surface area contributed by atoms with Gasteiger partial charge >= 0.3 is 0 Å². The lowest BCUT2D eigenvalue weighted by Gasteiger charge is -2.33. The predicted octanol–water partition coefficient (Wildman–Crippen LogP) is 2.14. The highest BCUT2D eigenvalue weighted by atomic mass is 32.2. The molecular weight excluding hydrogens is 357 g/mol. The van der Waals surface area contributed by atoms with Gasteiger partial charge in [-0.05, 0) is 30.3 Å². The first-order valence-electron chi connectivity index (χ1n) is 7.31. The minimum Gasteiger partial charge on any atom is -0.310 e. The van der Waals surface area contributed by atoms with E-state index in [1.165, 1.54) is 23.1 Å². The van der Waals surface area contributed by atoms with Gasteiger partial charge in [-0.25, -0.2) is 21.6 Å². The highest BCUT2D eigenvalue weighted by molar-refractivity contribution is 7.89. The monoisotopic (exact) mass is 370 g/mol. The first kappa shape index (κ1) is 17.4. The molecule has 3 rings (SSSR count). The zero-order valence-electron chi connectivity index (χ0n) is 12.8. The molecule has 0 atom stereocenters. The molecule has 1 aliphatic rings. The summed E-state index contributed by atoms with van der Waals surface area (Å²) in [5.74, 6) is -3.59. The first-order chi connectivity index (χ1) is 11.8. The molecule has 2 aromatic carbocycles. The summed E-state index contributed by atoms with van der Waals surface area (Å²) >= 11 is 0. The van der Waals surface area contributed by atoms with E-state index in [9.17, 15) is 26.4 Å². The van der Waals surface area contributed by atoms with E-state index >= 15 is 0 Å². The number of hydrogen-bond donors (Lipinski definition) is 0. The molecule has 1 aliphatic heterocycles. The molecule has 0 saturated carbocycles. The topological polar surface area (TPSA) is 57.7 Å². The second-order valence-electron chi connectivity index (χ2n) is 5.41. The molecule has 0 spiro atoms. The van der Waals surface area contributed by atoms with Crippen LogP contribution < -0.4 is 4.90 Å². The lowest BCUT2D eigenvalue weighted by atomic mass is 10.2. The molecule has 0 unspecified atom stereocenters. The van der Waals surface area contributed by atoms with Gasteiger partial charge in [-0.2, -0.15) is 4.31 Å². The van der Waals surface area contributed by atoms with Crippen molar-refractivity contribution >= 4 is 21.6 Å². The van der Waals surface area contributed by atoms with Gasteiger partial charge in [0.25, 0.3) is 0 Å². The van der Waals surface area contributed by atoms with Crippen molar-refractivity contribution in [3.63, 3.8) is 0 Å². The molecule has 1 heterocycles. The van der Waals surface area contributed by atoms with Gasteiger partial charge in [0.15, 0.2) is 4.90 Å². The van der Waals surface area contributed by atoms with Crippen LogP contribution in [0.3, 0.4) is 0 Å². The number of amides is 1. The van der Waals surface area contributed by atoms with E-state index in [-0.39, 0.29) is 13.1 Å². The Labute approximate surface area is 142 Å². The number of halogens is 3. The van der Waals surface area contributed by atoms with Gasteiger partial charge in [0.1, 0.15) is 17.5 Å². The molecule has 0 N–H and O–H groups in total. The van der Waals surface area contributed by atoms with Gasteiger partial charge in [0, 0.05) is 18.8 Å². The third kappa shape index (κ3) is 3.24. The van der Waals surface area contributed by atoms with E-state index in [1.807, 2.05) is 0 Å². The Kier molecular flexibility index (Phi) is 4.53. The molecule has 1 amide bonds. The summed E-state index contributed by atoms with van der Waals surface area (Å²) in [7, 11) is -4.51. The molecular formula is C16H13F3N2O3S. The Balaban J connectivity index is 1.87. The zero-order valence-corrected chi connectivity index (χ0v) is 13.6. The van der Waals surface area contributed by atoms with Gasteiger partial charge in [-0.1, -0.05) is 12.1 Å². The van der Waals surface area contributed by atoms with Gasteiger partial charge < -0.3 is 4.90 Å². The fourth-order valence-electron chi connectivity index (χ4n) is 2.63. The molecule has 0 radical (unpaired) electrons. The van der Waals surface area contributed by atoms with E-state index in [0.29, 0.717) is 9.99 Å². The van der Waals surface area contributed by atoms with Crippen LogP contribution in [-0.4, -0.2) is 38.3 Å². The smallest absolute Gasteiger partial charge is 0.249 e. The van der Waals surface area contributed by atoms with Gasteiger partial charge in [0.05, 0.1) is 6.54 Å². The maximum absolute atomic E-state index is 13.8. The highest BCUT2D eigenvalue weighted by Gasteiger charge is 2.36. The standard InChI is InChI=1S/C16H13F3N2O3S/c17-11-3-1-4-12(9-11)21-8-7-20(10-15(21)22)25(23,24)16-13(18)5-2-6-14(16)19/h1-6,9H,7-8,10H2. The van der Waals surface area contributed by atoms with Crippen molar-refractivity contribution in [1.29, 1.82) is 0 Å². The van der Waals surface area contributed by atoms with Crippen molar-refractivity contribution in [2.45, 2.75) is 4.90 Å². The minimum atomic E-state index is -4.51. The van der Waals surface area contributed by atoms with Crippen molar-refractivity contribution < 1.29 is 26.4 Å². The normalized spacial score (nSPS) is 16.3. The van der Waals surface area contributed by atoms with E-state index in [4.69, 9.17) is 0 Å². The van der Waals surface area contributed by atoms with Crippen LogP contribution in [0.1, 0.15) is 0 Å². The van der Waals surface area contributed by atoms with Crippen molar-refractivity contribution in [2.75, 3.05) is 24.5 Å². The molecule has 0 aromatic heterocycles. The lowest BCUT2D eigenvalue weighted by Crippen LogP contribution is -2.52. The van der Waals surface area contributed by atoms with Crippen LogP contribution in [-0.2, 0) is 14.8 Å². The molecule has 0 bridgehead atoms. The van der Waals surface area contributed by atoms with E-state index in [0.717, 1.165) is 24.3 Å². The minimum absolute atomic E-state index is 0.0579. The molecule has 132 valence electrons. The molecule has 5 nitrogen and oxygen atoms in total. The summed E-state index contributed by atoms with van der Waals surface area (Å²) in [5, 5.41) is 0. The third-order valence-corrected chi connectivity index (χ3v) is 5.72. The van der Waals surface area contributed by atoms with Crippen molar-refractivity contribution in [3.8, 4) is 0 Å². The summed E-state index contributed by atoms with van der Waals surface area (Å²) in [6.45, 7) is -0.817. The molecule has 0 aliphatic carbocycles. The second-order valence-corrected chi connectivity index (χ2v) is 7.29. The Morgan fingerprint density at radius 3 is 2.16 bits per heavy atom. The average molecular weight is 370 g/mol. The Hall–Kier alpha value is -2.39. The maximum atomic E-state index is 13.8. The quantitative estimate of drug-likeness (QED) is 0.832. The van der Waals surface area contributed by atoms with Gasteiger partial charge in [0.2, 0.25) is 15.9 Å². The number of carbonyl (C=O) groups excluding carboxylic acids is 1. The Bertz CT molecular complexity index is 914. The van der Waals surface area contributed by atoms with Crippen molar-refractivity contribution in [1.82, 2.24) is 4.31 Å². The molecule has 1 saturated heterocycles. The van der Waals surface area contributed by atoms with Crippen LogP contribution in [0, 0.1) is 17.5 Å². The SMILES string of the molecule is O=C1CN(S(=O)(=O)c2c(F)cccc2F)CCN1c1cccc(F)c1. The molecule has 2 aromatic rings. The molecule has 25 heavy (non-hydrogen) atoms. The fraction of sp³-hybridized carbons (Fsp3) is 0.188. The number of sulfonamides is 1. The number of anilines is 1. The number of piperazine rings is 1. The summed E-state index contributed by atoms with van der Waals surface area (Å²) in [4.78, 5) is 12.4. The zero-order chi connectivity index (χ0) is 18.2. The first-order valence-corrected chi connectivity index (χ1v) is 8.75. The summed E-state index contributed by atoms with van der Waals surface area (Å²) in [6.07, 6.45) is 0. The number of rotatable bonds is 3. The van der Waals surface area contributed by atoms with E-state index < -0.39 is 44.8 Å². The Morgan fingerprint density at radius 2 is 1.56 bits per heavy atom.